The van der Waals surface area contributed by atoms with Crippen LogP contribution in [0.1, 0.15) is 0 Å². The quantitative estimate of drug-likeness (QED) is 0.628. The number of nitrogen functional groups attached to an aromatic ring is 1. The topological polar surface area (TPSA) is 92.0 Å². The molecule has 3 aromatic rings. The lowest BCUT2D eigenvalue weighted by molar-refractivity contribution is 0.475. The predicted molar refractivity (Wildman–Crippen MR) is 81.8 cm³/mol. The molecule has 1 aromatic heterocycles. The molecule has 0 saturated carbocycles. The number of aromatic nitrogens is 2. The minimum atomic E-state index is -0.442. The number of aromatic amines is 1. The molecule has 0 bridgehead atoms. The number of benzene rings is 2. The van der Waals surface area contributed by atoms with Crippen LogP contribution in [0.25, 0.3) is 22.5 Å². The molecule has 0 amide bonds. The van der Waals surface area contributed by atoms with Crippen molar-refractivity contribution in [2.24, 2.45) is 0 Å². The first-order valence-corrected chi connectivity index (χ1v) is 6.38. The van der Waals surface area contributed by atoms with Crippen LogP contribution in [0.4, 0.5) is 5.69 Å². The van der Waals surface area contributed by atoms with E-state index in [1.165, 1.54) is 0 Å². The number of nitrogens with two attached hydrogens (primary N) is 1. The molecule has 0 aliphatic carbocycles. The summed E-state index contributed by atoms with van der Waals surface area (Å²) >= 11 is 0. The summed E-state index contributed by atoms with van der Waals surface area (Å²) in [6, 6.07) is 15.6. The number of aromatic hydroxyl groups is 1. The molecule has 0 aliphatic rings. The van der Waals surface area contributed by atoms with Gasteiger partial charge in [0.1, 0.15) is 5.75 Å². The second kappa shape index (κ2) is 5.13. The largest absolute Gasteiger partial charge is 0.508 e. The first kappa shape index (κ1) is 12.9. The average molecular weight is 279 g/mol. The van der Waals surface area contributed by atoms with E-state index in [0.29, 0.717) is 22.6 Å². The van der Waals surface area contributed by atoms with Crippen LogP contribution in [0.3, 0.4) is 0 Å². The molecule has 0 radical (unpaired) electrons. The Kier molecular flexibility index (Phi) is 3.16. The van der Waals surface area contributed by atoms with Crippen LogP contribution in [0.15, 0.2) is 59.4 Å². The second-order valence-corrected chi connectivity index (χ2v) is 4.66. The SMILES string of the molecule is Nc1ccc(-c2cc(-c3cccc(O)c3)nc(=O)[nH]2)cc1. The number of H-pyrrole nitrogens is 1. The molecule has 3 rings (SSSR count). The van der Waals surface area contributed by atoms with Gasteiger partial charge in [0.05, 0.1) is 11.4 Å². The Morgan fingerprint density at radius 3 is 2.48 bits per heavy atom. The lowest BCUT2D eigenvalue weighted by Gasteiger charge is -2.05. The highest BCUT2D eigenvalue weighted by molar-refractivity contribution is 5.69. The van der Waals surface area contributed by atoms with Crippen molar-refractivity contribution in [1.82, 2.24) is 9.97 Å². The molecule has 4 N–H and O–H groups in total. The number of nitrogens with one attached hydrogen (secondary N) is 1. The van der Waals surface area contributed by atoms with E-state index in [9.17, 15) is 9.90 Å². The molecular weight excluding hydrogens is 266 g/mol. The molecule has 5 nitrogen and oxygen atoms in total. The van der Waals surface area contributed by atoms with Gasteiger partial charge in [-0.25, -0.2) is 4.79 Å². The monoisotopic (exact) mass is 279 g/mol. The lowest BCUT2D eigenvalue weighted by atomic mass is 10.1. The molecule has 0 spiro atoms. The summed E-state index contributed by atoms with van der Waals surface area (Å²) in [5.41, 5.74) is 8.54. The van der Waals surface area contributed by atoms with Crippen LogP contribution in [0, 0.1) is 0 Å². The average Bonchev–Trinajstić information content (AvgIpc) is 2.47. The first-order valence-electron chi connectivity index (χ1n) is 6.38. The number of anilines is 1. The van der Waals surface area contributed by atoms with E-state index >= 15 is 0 Å². The molecule has 0 aliphatic heterocycles. The van der Waals surface area contributed by atoms with E-state index in [1.54, 1.807) is 42.5 Å². The van der Waals surface area contributed by atoms with Crippen LogP contribution in [0.2, 0.25) is 0 Å². The minimum absolute atomic E-state index is 0.128. The fourth-order valence-electron chi connectivity index (χ4n) is 2.09. The number of phenols is 1. The Hall–Kier alpha value is -3.08. The molecule has 5 heteroatoms. The predicted octanol–water partition coefficient (Wildman–Crippen LogP) is 2.39. The smallest absolute Gasteiger partial charge is 0.345 e. The van der Waals surface area contributed by atoms with Gasteiger partial charge in [-0.2, -0.15) is 4.98 Å². The van der Waals surface area contributed by atoms with Gasteiger partial charge in [0.15, 0.2) is 0 Å². The van der Waals surface area contributed by atoms with Crippen molar-refractivity contribution in [1.29, 1.82) is 0 Å². The maximum absolute atomic E-state index is 11.8. The summed E-state index contributed by atoms with van der Waals surface area (Å²) in [7, 11) is 0. The molecule has 21 heavy (non-hydrogen) atoms. The highest BCUT2D eigenvalue weighted by atomic mass is 16.3. The van der Waals surface area contributed by atoms with Crippen LogP contribution >= 0.6 is 0 Å². The summed E-state index contributed by atoms with van der Waals surface area (Å²) in [6.45, 7) is 0. The fourth-order valence-corrected chi connectivity index (χ4v) is 2.09. The van der Waals surface area contributed by atoms with Crippen molar-refractivity contribution in [3.8, 4) is 28.3 Å². The van der Waals surface area contributed by atoms with Crippen molar-refractivity contribution in [3.63, 3.8) is 0 Å². The number of hydrogen-bond donors (Lipinski definition) is 3. The van der Waals surface area contributed by atoms with Gasteiger partial charge in [-0.15, -0.1) is 0 Å². The van der Waals surface area contributed by atoms with Crippen LogP contribution < -0.4 is 11.4 Å². The Morgan fingerprint density at radius 1 is 1.00 bits per heavy atom. The van der Waals surface area contributed by atoms with Gasteiger partial charge in [-0.05, 0) is 35.9 Å². The lowest BCUT2D eigenvalue weighted by Crippen LogP contribution is -2.11. The van der Waals surface area contributed by atoms with Crippen LogP contribution in [-0.4, -0.2) is 15.1 Å². The van der Waals surface area contributed by atoms with Gasteiger partial charge in [0.2, 0.25) is 0 Å². The summed E-state index contributed by atoms with van der Waals surface area (Å²) < 4.78 is 0. The van der Waals surface area contributed by atoms with Gasteiger partial charge in [-0.1, -0.05) is 24.3 Å². The van der Waals surface area contributed by atoms with E-state index in [2.05, 4.69) is 9.97 Å². The van der Waals surface area contributed by atoms with Gasteiger partial charge in [-0.3, -0.25) is 0 Å². The maximum atomic E-state index is 11.8. The summed E-state index contributed by atoms with van der Waals surface area (Å²) in [5.74, 6) is 0.128. The summed E-state index contributed by atoms with van der Waals surface area (Å²) in [5, 5.41) is 9.53. The van der Waals surface area contributed by atoms with Gasteiger partial charge in [0.25, 0.3) is 0 Å². The highest BCUT2D eigenvalue weighted by Crippen LogP contribution is 2.24. The third-order valence-electron chi connectivity index (χ3n) is 3.11. The maximum Gasteiger partial charge on any atom is 0.345 e. The zero-order chi connectivity index (χ0) is 14.8. The zero-order valence-electron chi connectivity index (χ0n) is 11.1. The van der Waals surface area contributed by atoms with E-state index in [0.717, 1.165) is 5.56 Å². The molecule has 2 aromatic carbocycles. The van der Waals surface area contributed by atoms with Gasteiger partial charge < -0.3 is 15.8 Å². The molecule has 0 fully saturated rings. The third kappa shape index (κ3) is 2.76. The number of nitrogens with zero attached hydrogens (tertiary/aromatic N) is 1. The Labute approximate surface area is 120 Å². The first-order chi connectivity index (χ1) is 10.1. The van der Waals surface area contributed by atoms with Crippen molar-refractivity contribution in [2.45, 2.75) is 0 Å². The number of phenolic OH excluding ortho intramolecular Hbond substituents is 1. The number of rotatable bonds is 2. The van der Waals surface area contributed by atoms with E-state index < -0.39 is 5.69 Å². The van der Waals surface area contributed by atoms with Crippen molar-refractivity contribution < 1.29 is 5.11 Å². The molecule has 1 heterocycles. The van der Waals surface area contributed by atoms with Crippen LogP contribution in [-0.2, 0) is 0 Å². The summed E-state index contributed by atoms with van der Waals surface area (Å²) in [6.07, 6.45) is 0. The Morgan fingerprint density at radius 2 is 1.76 bits per heavy atom. The molecule has 0 saturated heterocycles. The van der Waals surface area contributed by atoms with Crippen molar-refractivity contribution >= 4 is 5.69 Å². The molecule has 104 valence electrons. The Bertz CT molecular complexity index is 839. The fraction of sp³-hybridized carbons (Fsp3) is 0. The normalized spacial score (nSPS) is 10.5. The molecule has 0 unspecified atom stereocenters. The standard InChI is InChI=1S/C16H13N3O2/c17-12-6-4-10(5-7-12)14-9-15(19-16(21)18-14)11-2-1-3-13(20)8-11/h1-9,20H,17H2,(H,18,19,21). The van der Waals surface area contributed by atoms with Crippen LogP contribution in [0.5, 0.6) is 5.75 Å². The third-order valence-corrected chi connectivity index (χ3v) is 3.11. The van der Waals surface area contributed by atoms with E-state index in [-0.39, 0.29) is 5.75 Å². The zero-order valence-corrected chi connectivity index (χ0v) is 11.1. The van der Waals surface area contributed by atoms with Crippen molar-refractivity contribution in [3.05, 3.63) is 65.1 Å². The highest BCUT2D eigenvalue weighted by Gasteiger charge is 2.06. The van der Waals surface area contributed by atoms with Gasteiger partial charge >= 0.3 is 5.69 Å². The minimum Gasteiger partial charge on any atom is -0.508 e. The second-order valence-electron chi connectivity index (χ2n) is 4.66. The van der Waals surface area contributed by atoms with E-state index in [1.807, 2.05) is 12.1 Å². The molecular formula is C16H13N3O2. The molecule has 0 atom stereocenters. The van der Waals surface area contributed by atoms with Crippen molar-refractivity contribution in [2.75, 3.05) is 5.73 Å². The van der Waals surface area contributed by atoms with Gasteiger partial charge in [0, 0.05) is 11.3 Å². The van der Waals surface area contributed by atoms with E-state index in [4.69, 9.17) is 5.73 Å². The Balaban J connectivity index is 2.12. The number of hydrogen-bond acceptors (Lipinski definition) is 4. The summed E-state index contributed by atoms with van der Waals surface area (Å²) in [4.78, 5) is 18.4.